The molecule has 0 saturated carbocycles. The first-order valence-corrected chi connectivity index (χ1v) is 11.1. The first-order chi connectivity index (χ1) is 15.4. The predicted octanol–water partition coefficient (Wildman–Crippen LogP) is 3.96. The molecule has 1 fully saturated rings. The molecule has 1 aliphatic rings. The summed E-state index contributed by atoms with van der Waals surface area (Å²) in [6.07, 6.45) is 4.58. The summed E-state index contributed by atoms with van der Waals surface area (Å²) in [5, 5.41) is 5.82. The van der Waals surface area contributed by atoms with E-state index in [1.807, 2.05) is 50.3 Å². The second-order valence-electron chi connectivity index (χ2n) is 8.48. The smallest absolute Gasteiger partial charge is 0.253 e. The maximum atomic E-state index is 12.8. The number of carbonyl (C=O) groups excluding carboxylic acids is 3. The minimum Gasteiger partial charge on any atom is -0.352 e. The third kappa shape index (κ3) is 6.54. The second kappa shape index (κ2) is 11.3. The zero-order chi connectivity index (χ0) is 22.9. The number of hydrogen-bond donors (Lipinski definition) is 2. The van der Waals surface area contributed by atoms with E-state index in [0.29, 0.717) is 49.6 Å². The van der Waals surface area contributed by atoms with E-state index in [4.69, 9.17) is 0 Å². The molecule has 1 heterocycles. The summed E-state index contributed by atoms with van der Waals surface area (Å²) in [5.41, 5.74) is 1.95. The summed E-state index contributed by atoms with van der Waals surface area (Å²) >= 11 is 0. The highest BCUT2D eigenvalue weighted by Gasteiger charge is 2.27. The van der Waals surface area contributed by atoms with Gasteiger partial charge in [0.15, 0.2) is 0 Å². The Kier molecular flexibility index (Phi) is 8.20. The van der Waals surface area contributed by atoms with E-state index in [1.165, 1.54) is 0 Å². The van der Waals surface area contributed by atoms with Crippen LogP contribution in [0.2, 0.25) is 0 Å². The topological polar surface area (TPSA) is 78.5 Å². The molecular weight excluding hydrogens is 402 g/mol. The lowest BCUT2D eigenvalue weighted by molar-refractivity contribution is -0.130. The lowest BCUT2D eigenvalue weighted by atomic mass is 9.95. The molecule has 3 rings (SSSR count). The van der Waals surface area contributed by atoms with E-state index in [-0.39, 0.29) is 23.6 Å². The van der Waals surface area contributed by atoms with Crippen LogP contribution in [0.3, 0.4) is 0 Å². The third-order valence-corrected chi connectivity index (χ3v) is 5.50. The number of nitrogens with one attached hydrogen (secondary N) is 2. The molecule has 0 spiro atoms. The second-order valence-corrected chi connectivity index (χ2v) is 8.48. The zero-order valence-electron chi connectivity index (χ0n) is 18.7. The highest BCUT2D eigenvalue weighted by atomic mass is 16.2. The Hall–Kier alpha value is -3.41. The number of amides is 3. The summed E-state index contributed by atoms with van der Waals surface area (Å²) in [6.45, 7) is 5.70. The van der Waals surface area contributed by atoms with Gasteiger partial charge in [0.05, 0.1) is 11.3 Å². The summed E-state index contributed by atoms with van der Waals surface area (Å²) in [5.74, 6) is -0.193. The Morgan fingerprint density at radius 1 is 1.00 bits per heavy atom. The molecule has 0 bridgehead atoms. The van der Waals surface area contributed by atoms with Crippen LogP contribution in [0.4, 0.5) is 5.69 Å². The quantitative estimate of drug-likeness (QED) is 0.649. The molecule has 1 saturated heterocycles. The number of likely N-dealkylation sites (tertiary alicyclic amines) is 1. The molecular formula is C26H31N3O3. The molecule has 0 unspecified atom stereocenters. The molecule has 168 valence electrons. The average molecular weight is 434 g/mol. The average Bonchev–Trinajstić information content (AvgIpc) is 2.82. The maximum absolute atomic E-state index is 12.8. The van der Waals surface area contributed by atoms with Gasteiger partial charge in [-0.2, -0.15) is 0 Å². The summed E-state index contributed by atoms with van der Waals surface area (Å²) < 4.78 is 0. The molecule has 0 aromatic heterocycles. The van der Waals surface area contributed by atoms with Crippen molar-refractivity contribution in [2.75, 3.05) is 25.0 Å². The lowest BCUT2D eigenvalue weighted by Gasteiger charge is -2.30. The van der Waals surface area contributed by atoms with E-state index in [1.54, 1.807) is 35.2 Å². The van der Waals surface area contributed by atoms with Crippen molar-refractivity contribution in [1.29, 1.82) is 0 Å². The summed E-state index contributed by atoms with van der Waals surface area (Å²) in [6, 6.07) is 16.7. The van der Waals surface area contributed by atoms with Crippen molar-refractivity contribution < 1.29 is 14.4 Å². The molecule has 2 N–H and O–H groups in total. The van der Waals surface area contributed by atoms with Gasteiger partial charge in [0, 0.05) is 31.6 Å². The van der Waals surface area contributed by atoms with E-state index in [2.05, 4.69) is 10.6 Å². The first kappa shape index (κ1) is 23.3. The SMILES string of the molecule is CC(C)CNC(=O)c1ccccc1NC(=O)C1CCN(C(=O)/C=C/c2ccccc2)CC1. The van der Waals surface area contributed by atoms with Crippen LogP contribution < -0.4 is 10.6 Å². The van der Waals surface area contributed by atoms with Crippen LogP contribution in [-0.4, -0.2) is 42.3 Å². The van der Waals surface area contributed by atoms with Gasteiger partial charge in [-0.15, -0.1) is 0 Å². The fourth-order valence-electron chi connectivity index (χ4n) is 3.62. The van der Waals surface area contributed by atoms with Crippen LogP contribution in [-0.2, 0) is 9.59 Å². The zero-order valence-corrected chi connectivity index (χ0v) is 18.7. The standard InChI is InChI=1S/C26H31N3O3/c1-19(2)18-27-26(32)22-10-6-7-11-23(22)28-25(31)21-14-16-29(17-15-21)24(30)13-12-20-8-4-3-5-9-20/h3-13,19,21H,14-18H2,1-2H3,(H,27,32)(H,28,31)/b13-12+. The van der Waals surface area contributed by atoms with Gasteiger partial charge in [-0.05, 0) is 42.5 Å². The molecule has 2 aromatic carbocycles. The maximum Gasteiger partial charge on any atom is 0.253 e. The number of carbonyl (C=O) groups is 3. The third-order valence-electron chi connectivity index (χ3n) is 5.50. The van der Waals surface area contributed by atoms with Gasteiger partial charge in [0.2, 0.25) is 11.8 Å². The molecule has 3 amide bonds. The van der Waals surface area contributed by atoms with Crippen molar-refractivity contribution in [1.82, 2.24) is 10.2 Å². The normalized spacial score (nSPS) is 14.5. The highest BCUT2D eigenvalue weighted by molar-refractivity contribution is 6.04. The van der Waals surface area contributed by atoms with Crippen LogP contribution >= 0.6 is 0 Å². The number of benzene rings is 2. The molecule has 6 heteroatoms. The van der Waals surface area contributed by atoms with Crippen molar-refractivity contribution in [3.05, 3.63) is 71.8 Å². The van der Waals surface area contributed by atoms with Crippen LogP contribution in [0.15, 0.2) is 60.7 Å². The van der Waals surface area contributed by atoms with E-state index in [0.717, 1.165) is 5.56 Å². The number of nitrogens with zero attached hydrogens (tertiary/aromatic N) is 1. The lowest BCUT2D eigenvalue weighted by Crippen LogP contribution is -2.41. The van der Waals surface area contributed by atoms with Gasteiger partial charge in [0.1, 0.15) is 0 Å². The first-order valence-electron chi connectivity index (χ1n) is 11.1. The van der Waals surface area contributed by atoms with Gasteiger partial charge < -0.3 is 15.5 Å². The number of piperidine rings is 1. The molecule has 0 aliphatic carbocycles. The van der Waals surface area contributed by atoms with Gasteiger partial charge in [-0.3, -0.25) is 14.4 Å². The van der Waals surface area contributed by atoms with Gasteiger partial charge in [-0.25, -0.2) is 0 Å². The minimum absolute atomic E-state index is 0.0418. The molecule has 32 heavy (non-hydrogen) atoms. The highest BCUT2D eigenvalue weighted by Crippen LogP contribution is 2.22. The number of para-hydroxylation sites is 1. The molecule has 2 aromatic rings. The summed E-state index contributed by atoms with van der Waals surface area (Å²) in [4.78, 5) is 39.6. The Labute approximate surface area is 189 Å². The minimum atomic E-state index is -0.194. The van der Waals surface area contributed by atoms with Gasteiger partial charge >= 0.3 is 0 Å². The Balaban J connectivity index is 1.53. The van der Waals surface area contributed by atoms with Gasteiger partial charge in [-0.1, -0.05) is 56.3 Å². The fraction of sp³-hybridized carbons (Fsp3) is 0.346. The van der Waals surface area contributed by atoms with Crippen molar-refractivity contribution in [2.24, 2.45) is 11.8 Å². The van der Waals surface area contributed by atoms with Crippen LogP contribution in [0.25, 0.3) is 6.08 Å². The van der Waals surface area contributed by atoms with Crippen LogP contribution in [0.1, 0.15) is 42.6 Å². The van der Waals surface area contributed by atoms with Crippen molar-refractivity contribution in [3.63, 3.8) is 0 Å². The largest absolute Gasteiger partial charge is 0.352 e. The molecule has 0 atom stereocenters. The van der Waals surface area contributed by atoms with Crippen molar-refractivity contribution in [2.45, 2.75) is 26.7 Å². The Morgan fingerprint density at radius 3 is 2.34 bits per heavy atom. The Morgan fingerprint density at radius 2 is 1.66 bits per heavy atom. The van der Waals surface area contributed by atoms with E-state index in [9.17, 15) is 14.4 Å². The number of anilines is 1. The number of hydrogen-bond acceptors (Lipinski definition) is 3. The molecule has 0 radical (unpaired) electrons. The predicted molar refractivity (Wildman–Crippen MR) is 127 cm³/mol. The van der Waals surface area contributed by atoms with Crippen molar-refractivity contribution >= 4 is 29.5 Å². The van der Waals surface area contributed by atoms with Crippen LogP contribution in [0, 0.1) is 11.8 Å². The van der Waals surface area contributed by atoms with Crippen LogP contribution in [0.5, 0.6) is 0 Å². The van der Waals surface area contributed by atoms with E-state index >= 15 is 0 Å². The summed E-state index contributed by atoms with van der Waals surface area (Å²) in [7, 11) is 0. The molecule has 6 nitrogen and oxygen atoms in total. The monoisotopic (exact) mass is 433 g/mol. The van der Waals surface area contributed by atoms with Gasteiger partial charge in [0.25, 0.3) is 5.91 Å². The fourth-order valence-corrected chi connectivity index (χ4v) is 3.62. The number of rotatable bonds is 7. The van der Waals surface area contributed by atoms with Crippen molar-refractivity contribution in [3.8, 4) is 0 Å². The Bertz CT molecular complexity index is 961. The molecule has 1 aliphatic heterocycles. The van der Waals surface area contributed by atoms with E-state index < -0.39 is 0 Å².